The molecule has 24 heteroatoms. The third-order valence-corrected chi connectivity index (χ3v) is 21.6. The molecule has 24 nitrogen and oxygen atoms in total. The molecule has 8 fully saturated rings. The van der Waals surface area contributed by atoms with Crippen LogP contribution in [0.5, 0.6) is 0 Å². The molecule has 0 radical (unpaired) electrons. The number of aliphatic hydroxyl groups is 13. The van der Waals surface area contributed by atoms with Crippen LogP contribution in [0.2, 0.25) is 0 Å². The second-order valence-corrected chi connectivity index (χ2v) is 26.5. The predicted octanol–water partition coefficient (Wildman–Crippen LogP) is -1.85. The second kappa shape index (κ2) is 22.4. The van der Waals surface area contributed by atoms with Crippen LogP contribution >= 0.6 is 0 Å². The van der Waals surface area contributed by atoms with Gasteiger partial charge in [-0.15, -0.1) is 0 Å². The van der Waals surface area contributed by atoms with Crippen molar-refractivity contribution in [3.63, 3.8) is 0 Å². The zero-order chi connectivity index (χ0) is 57.9. The largest absolute Gasteiger partial charge is 0.467 e. The Bertz CT molecular complexity index is 2210. The van der Waals surface area contributed by atoms with Crippen LogP contribution in [0.1, 0.15) is 113 Å². The highest BCUT2D eigenvalue weighted by Gasteiger charge is 2.70. The smallest absolute Gasteiger partial charge is 0.337 e. The minimum atomic E-state index is -2.03. The molecular formula is C55H88O24. The summed E-state index contributed by atoms with van der Waals surface area (Å²) in [5.74, 6) is -1.69. The lowest BCUT2D eigenvalue weighted by molar-refractivity contribution is -0.396. The van der Waals surface area contributed by atoms with Crippen LogP contribution in [0.4, 0.5) is 0 Å². The van der Waals surface area contributed by atoms with Crippen molar-refractivity contribution in [3.05, 3.63) is 11.6 Å². The first-order valence-electron chi connectivity index (χ1n) is 28.2. The highest BCUT2D eigenvalue weighted by molar-refractivity contribution is 5.79. The number of hydrogen-bond donors (Lipinski definition) is 13. The number of carbonyl (C=O) groups is 2. The molecule has 0 bridgehead atoms. The summed E-state index contributed by atoms with van der Waals surface area (Å²) in [7, 11) is 1.06. The highest BCUT2D eigenvalue weighted by atomic mass is 16.8. The topological polar surface area (TPSA) is 380 Å². The van der Waals surface area contributed by atoms with E-state index in [1.54, 1.807) is 0 Å². The quantitative estimate of drug-likeness (QED) is 0.0579. The van der Waals surface area contributed by atoms with E-state index >= 15 is 0 Å². The number of methoxy groups -OCH3 is 1. The summed E-state index contributed by atoms with van der Waals surface area (Å²) >= 11 is 0. The molecule has 4 heterocycles. The minimum Gasteiger partial charge on any atom is -0.467 e. The van der Waals surface area contributed by atoms with Gasteiger partial charge in [0.15, 0.2) is 25.0 Å². The molecule has 0 spiro atoms. The van der Waals surface area contributed by atoms with Crippen molar-refractivity contribution >= 4 is 11.9 Å². The Labute approximate surface area is 459 Å². The van der Waals surface area contributed by atoms with Gasteiger partial charge in [-0.3, -0.25) is 4.79 Å². The van der Waals surface area contributed by atoms with Gasteiger partial charge in [0.25, 0.3) is 0 Å². The normalized spacial score (nSPS) is 52.3. The third-order valence-electron chi connectivity index (χ3n) is 21.6. The second-order valence-electron chi connectivity index (χ2n) is 26.5. The number of fused-ring (bicyclic) bond motifs is 7. The SMILES string of the molecule is COC(=O)C1OC(OC2CCC3(C)C(CCC4(C)C3CC=C3C5CC(C)(C)CCC5(C(=O)OC5OC(CO)C(O)C(O)C5O)CCC34C)C2(C)C)C(OC2OC(CO)C(O)C(O)C2O)C(OC2OC(CO)C(O)C(O)C2O)C1O. The molecule has 9 rings (SSSR count). The highest BCUT2D eigenvalue weighted by Crippen LogP contribution is 2.76. The molecule has 28 atom stereocenters. The Morgan fingerprint density at radius 1 is 0.557 bits per heavy atom. The van der Waals surface area contributed by atoms with Gasteiger partial charge in [-0.25, -0.2) is 4.79 Å². The lowest BCUT2D eigenvalue weighted by atomic mass is 9.33. The van der Waals surface area contributed by atoms with Crippen molar-refractivity contribution in [2.24, 2.45) is 50.2 Å². The van der Waals surface area contributed by atoms with E-state index in [1.807, 2.05) is 0 Å². The van der Waals surface area contributed by atoms with Gasteiger partial charge in [-0.05, 0) is 109 Å². The molecule has 0 aromatic heterocycles. The van der Waals surface area contributed by atoms with Crippen LogP contribution in [0, 0.1) is 50.2 Å². The van der Waals surface area contributed by atoms with Gasteiger partial charge in [-0.1, -0.05) is 60.1 Å². The van der Waals surface area contributed by atoms with Gasteiger partial charge in [0, 0.05) is 0 Å². The number of esters is 2. The van der Waals surface area contributed by atoms with Crippen LogP contribution in [-0.2, 0) is 52.2 Å². The minimum absolute atomic E-state index is 0.00301. The Hall–Kier alpha value is -2.12. The first-order chi connectivity index (χ1) is 37.0. The molecule has 4 aliphatic heterocycles. The molecule has 5 aliphatic carbocycles. The summed E-state index contributed by atoms with van der Waals surface area (Å²) in [6, 6.07) is 0. The maximum absolute atomic E-state index is 14.8. The zero-order valence-electron chi connectivity index (χ0n) is 46.4. The molecule has 0 amide bonds. The zero-order valence-corrected chi connectivity index (χ0v) is 46.4. The number of allylic oxidation sites excluding steroid dienone is 2. The van der Waals surface area contributed by atoms with E-state index in [4.69, 9.17) is 42.6 Å². The van der Waals surface area contributed by atoms with Crippen LogP contribution in [-0.4, -0.2) is 234 Å². The fourth-order valence-electron chi connectivity index (χ4n) is 16.6. The van der Waals surface area contributed by atoms with Crippen LogP contribution in [0.25, 0.3) is 0 Å². The molecule has 4 saturated carbocycles. The Morgan fingerprint density at radius 3 is 1.62 bits per heavy atom. The summed E-state index contributed by atoms with van der Waals surface area (Å²) in [4.78, 5) is 28.3. The summed E-state index contributed by atoms with van der Waals surface area (Å²) < 4.78 is 53.9. The van der Waals surface area contributed by atoms with Crippen molar-refractivity contribution in [1.29, 1.82) is 0 Å². The molecule has 28 unspecified atom stereocenters. The summed E-state index contributed by atoms with van der Waals surface area (Å²) in [5, 5.41) is 139. The van der Waals surface area contributed by atoms with E-state index in [0.29, 0.717) is 44.9 Å². The fraction of sp³-hybridized carbons (Fsp3) is 0.927. The molecule has 9 aliphatic rings. The van der Waals surface area contributed by atoms with Gasteiger partial charge >= 0.3 is 11.9 Å². The lowest BCUT2D eigenvalue weighted by Crippen LogP contribution is -2.69. The van der Waals surface area contributed by atoms with Gasteiger partial charge in [0.2, 0.25) is 6.29 Å². The van der Waals surface area contributed by atoms with E-state index in [-0.39, 0.29) is 39.4 Å². The van der Waals surface area contributed by atoms with Crippen molar-refractivity contribution in [3.8, 4) is 0 Å². The van der Waals surface area contributed by atoms with Crippen LogP contribution < -0.4 is 0 Å². The molecule has 452 valence electrons. The Morgan fingerprint density at radius 2 is 1.08 bits per heavy atom. The third kappa shape index (κ3) is 10.1. The average Bonchev–Trinajstić information content (AvgIpc) is 2.75. The van der Waals surface area contributed by atoms with Crippen molar-refractivity contribution < 1.29 is 119 Å². The van der Waals surface area contributed by atoms with Crippen molar-refractivity contribution in [2.75, 3.05) is 26.9 Å². The van der Waals surface area contributed by atoms with Gasteiger partial charge in [0.1, 0.15) is 91.6 Å². The van der Waals surface area contributed by atoms with Crippen LogP contribution in [0.3, 0.4) is 0 Å². The fourth-order valence-corrected chi connectivity index (χ4v) is 16.6. The Kier molecular flexibility index (Phi) is 17.4. The van der Waals surface area contributed by atoms with Gasteiger partial charge in [0.05, 0.1) is 38.4 Å². The molecule has 79 heavy (non-hydrogen) atoms. The molecule has 0 aromatic carbocycles. The van der Waals surface area contributed by atoms with Crippen molar-refractivity contribution in [2.45, 2.75) is 242 Å². The number of ether oxygens (including phenoxy) is 9. The standard InChI is InChI=1S/C55H88O24/c1-50(2)15-17-55(49(70)79-47-39(67)36(64)33(61)27(22-58)74-47)18-16-53(6)23(24(55)19-50)9-10-29-52(5)13-12-30(51(3,4)28(52)11-14-54(29,53)7)75-48-43(78-46-38(66)35(63)32(60)26(21-57)73-46)41(40(68)42(77-48)44(69)71-8)76-45-37(65)34(62)31(59)25(20-56)72-45/h9,24-43,45-48,56-68H,10-22H2,1-8H3. The van der Waals surface area contributed by atoms with Crippen LogP contribution in [0.15, 0.2) is 11.6 Å². The molecular weight excluding hydrogens is 1040 g/mol. The van der Waals surface area contributed by atoms with E-state index in [1.165, 1.54) is 5.57 Å². The summed E-state index contributed by atoms with van der Waals surface area (Å²) in [5.41, 5.74) is -1.48. The van der Waals surface area contributed by atoms with E-state index in [2.05, 4.69) is 54.5 Å². The first-order valence-corrected chi connectivity index (χ1v) is 28.2. The van der Waals surface area contributed by atoms with E-state index in [0.717, 1.165) is 26.4 Å². The molecule has 4 saturated heterocycles. The lowest BCUT2D eigenvalue weighted by Gasteiger charge is -2.71. The number of hydrogen-bond acceptors (Lipinski definition) is 24. The maximum Gasteiger partial charge on any atom is 0.337 e. The predicted molar refractivity (Wildman–Crippen MR) is 268 cm³/mol. The average molecular weight is 1130 g/mol. The number of carbonyl (C=O) groups excluding carboxylic acids is 2. The Balaban J connectivity index is 1.01. The number of aliphatic hydroxyl groups excluding tert-OH is 13. The monoisotopic (exact) mass is 1130 g/mol. The van der Waals surface area contributed by atoms with E-state index < -0.39 is 172 Å². The first kappa shape index (κ1) is 61.4. The number of rotatable bonds is 12. The summed E-state index contributed by atoms with van der Waals surface area (Å²) in [6.07, 6.45) is -27.0. The van der Waals surface area contributed by atoms with Gasteiger partial charge < -0.3 is 109 Å². The van der Waals surface area contributed by atoms with Crippen molar-refractivity contribution in [1.82, 2.24) is 0 Å². The maximum atomic E-state index is 14.8. The van der Waals surface area contributed by atoms with E-state index in [9.17, 15) is 76.0 Å². The van der Waals surface area contributed by atoms with Gasteiger partial charge in [-0.2, -0.15) is 0 Å². The molecule has 0 aromatic rings. The summed E-state index contributed by atoms with van der Waals surface area (Å²) in [6.45, 7) is 13.4. The molecule has 13 N–H and O–H groups in total.